The van der Waals surface area contributed by atoms with Gasteiger partial charge in [0.25, 0.3) is 5.56 Å². The molecule has 2 aromatic heterocycles. The third-order valence-corrected chi connectivity index (χ3v) is 5.13. The molecule has 0 saturated carbocycles. The Morgan fingerprint density at radius 2 is 2.03 bits per heavy atom. The summed E-state index contributed by atoms with van der Waals surface area (Å²) in [5.74, 6) is 1.05. The van der Waals surface area contributed by atoms with Crippen LogP contribution in [0.25, 0.3) is 11.2 Å². The lowest BCUT2D eigenvalue weighted by molar-refractivity contribution is 0.0938. The van der Waals surface area contributed by atoms with Crippen molar-refractivity contribution in [1.82, 2.24) is 19.1 Å². The van der Waals surface area contributed by atoms with Crippen LogP contribution < -0.4 is 21.3 Å². The van der Waals surface area contributed by atoms with Crippen LogP contribution in [0.2, 0.25) is 0 Å². The number of aromatic amines is 1. The molecule has 31 heavy (non-hydrogen) atoms. The Labute approximate surface area is 179 Å². The molecule has 0 aliphatic heterocycles. The molecule has 3 rings (SSSR count). The molecule has 0 saturated heterocycles. The highest BCUT2D eigenvalue weighted by Crippen LogP contribution is 2.18. The number of imidazole rings is 1. The molecule has 0 spiro atoms. The smallest absolute Gasteiger partial charge is 0.329 e. The highest BCUT2D eigenvalue weighted by atomic mass is 16.5. The Hall–Kier alpha value is -3.11. The fourth-order valence-electron chi connectivity index (χ4n) is 3.22. The second-order valence-corrected chi connectivity index (χ2v) is 7.52. The lowest BCUT2D eigenvalue weighted by Gasteiger charge is -2.16. The van der Waals surface area contributed by atoms with Crippen LogP contribution in [-0.4, -0.2) is 57.2 Å². The number of methoxy groups -OCH3 is 1. The van der Waals surface area contributed by atoms with E-state index in [0.717, 1.165) is 17.5 Å². The molecule has 2 heterocycles. The number of nitrogens with zero attached hydrogens (tertiary/aromatic N) is 3. The minimum absolute atomic E-state index is 0.0367. The summed E-state index contributed by atoms with van der Waals surface area (Å²) in [5, 5.41) is 13.8. The quantitative estimate of drug-likeness (QED) is 0.408. The van der Waals surface area contributed by atoms with Crippen LogP contribution in [0.4, 0.5) is 5.95 Å². The predicted octanol–water partition coefficient (Wildman–Crippen LogP) is 0.928. The largest absolute Gasteiger partial charge is 0.491 e. The van der Waals surface area contributed by atoms with Crippen LogP contribution in [-0.2, 0) is 18.3 Å². The molecule has 0 aliphatic rings. The summed E-state index contributed by atoms with van der Waals surface area (Å²) < 4.78 is 13.6. The number of aliphatic hydroxyl groups is 1. The van der Waals surface area contributed by atoms with E-state index in [9.17, 15) is 14.7 Å². The summed E-state index contributed by atoms with van der Waals surface area (Å²) in [4.78, 5) is 31.2. The minimum atomic E-state index is -0.907. The van der Waals surface area contributed by atoms with E-state index in [4.69, 9.17) is 9.47 Å². The number of hydrogen-bond acceptors (Lipinski definition) is 7. The average Bonchev–Trinajstić information content (AvgIpc) is 3.09. The molecule has 0 unspecified atom stereocenters. The lowest BCUT2D eigenvalue weighted by Crippen LogP contribution is -2.31. The van der Waals surface area contributed by atoms with Crippen molar-refractivity contribution in [2.24, 2.45) is 7.05 Å². The van der Waals surface area contributed by atoms with Crippen molar-refractivity contribution >= 4 is 17.1 Å². The number of rotatable bonds is 10. The molecule has 0 bridgehead atoms. The van der Waals surface area contributed by atoms with Crippen LogP contribution in [0.1, 0.15) is 17.5 Å². The number of aryl methyl sites for hydroxylation is 3. The van der Waals surface area contributed by atoms with Crippen LogP contribution >= 0.6 is 0 Å². The van der Waals surface area contributed by atoms with Gasteiger partial charge in [-0.05, 0) is 43.5 Å². The lowest BCUT2D eigenvalue weighted by atomic mass is 10.1. The molecule has 1 aromatic carbocycles. The van der Waals surface area contributed by atoms with Crippen LogP contribution in [0.5, 0.6) is 5.75 Å². The second-order valence-electron chi connectivity index (χ2n) is 7.52. The Kier molecular flexibility index (Phi) is 7.13. The number of aromatic nitrogens is 4. The highest BCUT2D eigenvalue weighted by molar-refractivity contribution is 5.74. The normalized spacial score (nSPS) is 12.3. The SMILES string of the molecule is COCCCNc1nc2c(c(=O)[nH]c(=O)n2C)n1C[C@H](O)COc1ccc(C)c(C)c1. The number of fused-ring (bicyclic) bond motifs is 1. The van der Waals surface area contributed by atoms with E-state index in [0.29, 0.717) is 24.8 Å². The van der Waals surface area contributed by atoms with Crippen molar-refractivity contribution < 1.29 is 14.6 Å². The van der Waals surface area contributed by atoms with E-state index in [-0.39, 0.29) is 24.3 Å². The summed E-state index contributed by atoms with van der Waals surface area (Å²) in [6.07, 6.45) is -0.178. The Morgan fingerprint density at radius 1 is 1.26 bits per heavy atom. The Bertz CT molecular complexity index is 1160. The first-order chi connectivity index (χ1) is 14.8. The Balaban J connectivity index is 1.84. The molecular weight excluding hydrogens is 402 g/mol. The molecule has 10 nitrogen and oxygen atoms in total. The first-order valence-electron chi connectivity index (χ1n) is 10.1. The van der Waals surface area contributed by atoms with E-state index >= 15 is 0 Å². The molecule has 0 aliphatic carbocycles. The van der Waals surface area contributed by atoms with Crippen LogP contribution in [0.15, 0.2) is 27.8 Å². The summed E-state index contributed by atoms with van der Waals surface area (Å²) in [5.41, 5.74) is 1.60. The van der Waals surface area contributed by atoms with Crippen molar-refractivity contribution in [2.75, 3.05) is 32.2 Å². The standard InChI is InChI=1S/C21H29N5O5/c1-13-6-7-16(10-14(13)2)31-12-15(27)11-26-17-18(25(3)21(29)24-19(17)28)23-20(26)22-8-5-9-30-4/h6-7,10,15,27H,5,8-9,11-12H2,1-4H3,(H,22,23)(H,24,28,29)/t15-/m0/s1. The number of ether oxygens (including phenoxy) is 2. The van der Waals surface area contributed by atoms with Crippen LogP contribution in [0.3, 0.4) is 0 Å². The van der Waals surface area contributed by atoms with Gasteiger partial charge in [-0.3, -0.25) is 14.3 Å². The maximum absolute atomic E-state index is 12.5. The third-order valence-electron chi connectivity index (χ3n) is 5.13. The molecule has 0 fully saturated rings. The van der Waals surface area contributed by atoms with E-state index in [1.165, 1.54) is 11.6 Å². The molecule has 3 aromatic rings. The zero-order chi connectivity index (χ0) is 22.5. The van der Waals surface area contributed by atoms with Crippen molar-refractivity contribution in [3.63, 3.8) is 0 Å². The first-order valence-corrected chi connectivity index (χ1v) is 10.1. The molecule has 0 radical (unpaired) electrons. The number of aliphatic hydroxyl groups excluding tert-OH is 1. The van der Waals surface area contributed by atoms with E-state index in [1.54, 1.807) is 11.7 Å². The van der Waals surface area contributed by atoms with Gasteiger partial charge in [-0.1, -0.05) is 6.07 Å². The van der Waals surface area contributed by atoms with Crippen LogP contribution in [0, 0.1) is 13.8 Å². The van der Waals surface area contributed by atoms with Gasteiger partial charge in [0.15, 0.2) is 11.2 Å². The van der Waals surface area contributed by atoms with Crippen molar-refractivity contribution in [2.45, 2.75) is 32.9 Å². The van der Waals surface area contributed by atoms with Crippen molar-refractivity contribution in [1.29, 1.82) is 0 Å². The Morgan fingerprint density at radius 3 is 2.74 bits per heavy atom. The summed E-state index contributed by atoms with van der Waals surface area (Å²) in [7, 11) is 3.16. The van der Waals surface area contributed by atoms with Gasteiger partial charge in [-0.15, -0.1) is 0 Å². The van der Waals surface area contributed by atoms with Crippen molar-refractivity contribution in [3.05, 3.63) is 50.2 Å². The van der Waals surface area contributed by atoms with Gasteiger partial charge in [0.05, 0.1) is 6.54 Å². The summed E-state index contributed by atoms with van der Waals surface area (Å²) in [6.45, 7) is 5.24. The average molecular weight is 431 g/mol. The minimum Gasteiger partial charge on any atom is -0.491 e. The van der Waals surface area contributed by atoms with Gasteiger partial charge < -0.3 is 24.5 Å². The molecular formula is C21H29N5O5. The van der Waals surface area contributed by atoms with E-state index in [1.807, 2.05) is 32.0 Å². The fourth-order valence-corrected chi connectivity index (χ4v) is 3.22. The summed E-state index contributed by atoms with van der Waals surface area (Å²) >= 11 is 0. The van der Waals surface area contributed by atoms with Gasteiger partial charge in [0.1, 0.15) is 18.5 Å². The van der Waals surface area contributed by atoms with Gasteiger partial charge in [-0.25, -0.2) is 4.79 Å². The van der Waals surface area contributed by atoms with E-state index < -0.39 is 17.4 Å². The second kappa shape index (κ2) is 9.80. The predicted molar refractivity (Wildman–Crippen MR) is 118 cm³/mol. The molecule has 168 valence electrons. The van der Waals surface area contributed by atoms with Crippen molar-refractivity contribution in [3.8, 4) is 5.75 Å². The molecule has 1 atom stereocenters. The third kappa shape index (κ3) is 5.15. The van der Waals surface area contributed by atoms with E-state index in [2.05, 4.69) is 15.3 Å². The molecule has 3 N–H and O–H groups in total. The number of H-pyrrole nitrogens is 1. The maximum Gasteiger partial charge on any atom is 0.329 e. The first kappa shape index (κ1) is 22.6. The number of hydrogen-bond donors (Lipinski definition) is 3. The summed E-state index contributed by atoms with van der Waals surface area (Å²) in [6, 6.07) is 5.73. The van der Waals surface area contributed by atoms with Gasteiger partial charge >= 0.3 is 5.69 Å². The zero-order valence-electron chi connectivity index (χ0n) is 18.3. The number of anilines is 1. The van der Waals surface area contributed by atoms with Gasteiger partial charge in [0.2, 0.25) is 5.95 Å². The number of benzene rings is 1. The highest BCUT2D eigenvalue weighted by Gasteiger charge is 2.19. The maximum atomic E-state index is 12.5. The topological polar surface area (TPSA) is 123 Å². The molecule has 0 amide bonds. The monoisotopic (exact) mass is 431 g/mol. The molecule has 10 heteroatoms. The van der Waals surface area contributed by atoms with Gasteiger partial charge in [0, 0.05) is 27.3 Å². The number of nitrogens with one attached hydrogen (secondary N) is 2. The fraction of sp³-hybridized carbons (Fsp3) is 0.476. The zero-order valence-corrected chi connectivity index (χ0v) is 18.3. The van der Waals surface area contributed by atoms with Gasteiger partial charge in [-0.2, -0.15) is 4.98 Å².